The average molecular weight is 527 g/mol. The molecule has 0 radical (unpaired) electrons. The molecule has 0 saturated carbocycles. The van der Waals surface area contributed by atoms with E-state index in [1.54, 1.807) is 24.4 Å². The smallest absolute Gasteiger partial charge is 0.330 e. The summed E-state index contributed by atoms with van der Waals surface area (Å²) < 4.78 is 4.80. The number of carbonyl (C=O) groups is 3. The lowest BCUT2D eigenvalue weighted by molar-refractivity contribution is -0.142. The topological polar surface area (TPSA) is 138 Å². The first kappa shape index (κ1) is 25.3. The van der Waals surface area contributed by atoms with Crippen molar-refractivity contribution in [2.45, 2.75) is 25.8 Å². The molecule has 3 aromatic heterocycles. The largest absolute Gasteiger partial charge is 0.467 e. The summed E-state index contributed by atoms with van der Waals surface area (Å²) in [5.41, 5.74) is 2.79. The van der Waals surface area contributed by atoms with Gasteiger partial charge in [-0.25, -0.2) is 9.78 Å². The Morgan fingerprint density at radius 2 is 2.03 bits per heavy atom. The number of ether oxygens (including phenoxy) is 1. The molecule has 0 aliphatic rings. The fourth-order valence-electron chi connectivity index (χ4n) is 3.65. The van der Waals surface area contributed by atoms with E-state index in [2.05, 4.69) is 37.2 Å². The van der Waals surface area contributed by atoms with Gasteiger partial charge in [0.15, 0.2) is 5.13 Å². The average Bonchev–Trinajstić information content (AvgIpc) is 3.64. The number of hydrogen-bond acceptors (Lipinski definition) is 9. The third-order valence-electron chi connectivity index (χ3n) is 5.48. The highest BCUT2D eigenvalue weighted by molar-refractivity contribution is 7.17. The fraction of sp³-hybridized carbons (Fsp3) is 0.292. The van der Waals surface area contributed by atoms with Gasteiger partial charge in [0, 0.05) is 18.5 Å². The normalized spacial score (nSPS) is 11.7. The molecule has 0 unspecified atom stereocenters. The molecule has 4 N–H and O–H groups in total. The van der Waals surface area contributed by atoms with Crippen molar-refractivity contribution in [3.63, 3.8) is 0 Å². The Morgan fingerprint density at radius 3 is 2.81 bits per heavy atom. The first-order valence-electron chi connectivity index (χ1n) is 11.3. The summed E-state index contributed by atoms with van der Waals surface area (Å²) in [5.74, 6) is -1.42. The Balaban J connectivity index is 1.31. The quantitative estimate of drug-likeness (QED) is 0.174. The van der Waals surface area contributed by atoms with Gasteiger partial charge in [-0.15, -0.1) is 11.3 Å². The van der Waals surface area contributed by atoms with E-state index < -0.39 is 17.9 Å². The minimum absolute atomic E-state index is 0.0957. The summed E-state index contributed by atoms with van der Waals surface area (Å²) in [5, 5.41) is 19.2. The van der Waals surface area contributed by atoms with Crippen LogP contribution in [0.5, 0.6) is 0 Å². The van der Waals surface area contributed by atoms with Crippen molar-refractivity contribution >= 4 is 56.5 Å². The van der Waals surface area contributed by atoms with Crippen molar-refractivity contribution in [2.75, 3.05) is 25.5 Å². The van der Waals surface area contributed by atoms with Crippen LogP contribution in [0.4, 0.5) is 5.13 Å². The highest BCUT2D eigenvalue weighted by atomic mass is 32.1. The van der Waals surface area contributed by atoms with Crippen LogP contribution < -0.4 is 16.0 Å². The molecule has 2 amide bonds. The maximum atomic E-state index is 12.9. The molecule has 4 aromatic rings. The van der Waals surface area contributed by atoms with Crippen LogP contribution in [0.2, 0.25) is 0 Å². The summed E-state index contributed by atoms with van der Waals surface area (Å²) in [6.45, 7) is 2.32. The standard InChI is InChI=1S/C24H26N6O4S2/c1-14-20(22(32)29-18(23(33)34-2)13-26-21(31)19-9-5-11-35-19)36-24(28-14)25-10-4-7-15-6-3-8-17-16(15)12-27-30-17/h3,5-6,8-9,11-12,18H,4,7,10,13H2,1-2H3,(H,25,28)(H,26,31)(H,27,30)(H,29,32)/t18-/m0/s1. The van der Waals surface area contributed by atoms with E-state index in [0.717, 1.165) is 23.7 Å². The van der Waals surface area contributed by atoms with Gasteiger partial charge in [-0.05, 0) is 42.8 Å². The zero-order valence-electron chi connectivity index (χ0n) is 19.8. The van der Waals surface area contributed by atoms with Gasteiger partial charge in [0.25, 0.3) is 11.8 Å². The number of aromatic amines is 1. The highest BCUT2D eigenvalue weighted by Crippen LogP contribution is 2.23. The van der Waals surface area contributed by atoms with Crippen LogP contribution in [-0.2, 0) is 16.0 Å². The summed E-state index contributed by atoms with van der Waals surface area (Å²) in [6, 6.07) is 8.50. The fourth-order valence-corrected chi connectivity index (χ4v) is 5.19. The molecule has 10 nitrogen and oxygen atoms in total. The van der Waals surface area contributed by atoms with Gasteiger partial charge < -0.3 is 20.7 Å². The zero-order valence-corrected chi connectivity index (χ0v) is 21.4. The second kappa shape index (κ2) is 11.8. The lowest BCUT2D eigenvalue weighted by atomic mass is 10.1. The molecule has 0 fully saturated rings. The number of hydrogen-bond donors (Lipinski definition) is 4. The summed E-state index contributed by atoms with van der Waals surface area (Å²) in [4.78, 5) is 42.7. The molecule has 12 heteroatoms. The van der Waals surface area contributed by atoms with Gasteiger partial charge in [-0.1, -0.05) is 29.5 Å². The Bertz CT molecular complexity index is 1350. The number of thiazole rings is 1. The van der Waals surface area contributed by atoms with Gasteiger partial charge in [0.2, 0.25) is 0 Å². The zero-order chi connectivity index (χ0) is 25.5. The number of methoxy groups -OCH3 is 1. The van der Waals surface area contributed by atoms with Crippen molar-refractivity contribution in [1.82, 2.24) is 25.8 Å². The molecule has 0 spiro atoms. The Hall–Kier alpha value is -3.77. The molecule has 1 aromatic carbocycles. The van der Waals surface area contributed by atoms with Crippen LogP contribution in [0.3, 0.4) is 0 Å². The van der Waals surface area contributed by atoms with E-state index in [9.17, 15) is 14.4 Å². The molecule has 4 rings (SSSR count). The Kier molecular flexibility index (Phi) is 8.28. The van der Waals surface area contributed by atoms with E-state index in [4.69, 9.17) is 4.74 Å². The van der Waals surface area contributed by atoms with Crippen molar-refractivity contribution < 1.29 is 19.1 Å². The molecule has 3 heterocycles. The van der Waals surface area contributed by atoms with E-state index >= 15 is 0 Å². The number of anilines is 1. The van der Waals surface area contributed by atoms with Gasteiger partial charge >= 0.3 is 5.97 Å². The van der Waals surface area contributed by atoms with Crippen LogP contribution in [0, 0.1) is 6.92 Å². The number of aromatic nitrogens is 3. The van der Waals surface area contributed by atoms with Crippen LogP contribution in [0.15, 0.2) is 41.9 Å². The van der Waals surface area contributed by atoms with E-state index in [0.29, 0.717) is 27.1 Å². The number of carbonyl (C=O) groups excluding carboxylic acids is 3. The van der Waals surface area contributed by atoms with Crippen molar-refractivity contribution in [3.05, 3.63) is 62.9 Å². The van der Waals surface area contributed by atoms with Crippen LogP contribution in [-0.4, -0.2) is 59.2 Å². The number of H-pyrrole nitrogens is 1. The SMILES string of the molecule is COC(=O)[C@H](CNC(=O)c1cccs1)NC(=O)c1sc(NCCCc2cccc3[nH]ncc23)nc1C. The van der Waals surface area contributed by atoms with E-state index in [1.165, 1.54) is 35.3 Å². The Labute approximate surface area is 215 Å². The summed E-state index contributed by atoms with van der Waals surface area (Å²) in [6.07, 6.45) is 3.58. The molecule has 0 aliphatic carbocycles. The maximum absolute atomic E-state index is 12.9. The molecule has 1 atom stereocenters. The third kappa shape index (κ3) is 6.07. The highest BCUT2D eigenvalue weighted by Gasteiger charge is 2.25. The molecule has 0 bridgehead atoms. The van der Waals surface area contributed by atoms with Crippen molar-refractivity contribution in [1.29, 1.82) is 0 Å². The number of thiophene rings is 1. The van der Waals surface area contributed by atoms with Gasteiger partial charge in [-0.3, -0.25) is 14.7 Å². The third-order valence-corrected chi connectivity index (χ3v) is 7.46. The Morgan fingerprint density at radius 1 is 1.17 bits per heavy atom. The monoisotopic (exact) mass is 526 g/mol. The first-order chi connectivity index (χ1) is 17.5. The van der Waals surface area contributed by atoms with Crippen LogP contribution in [0.25, 0.3) is 10.9 Å². The van der Waals surface area contributed by atoms with Gasteiger partial charge in [0.1, 0.15) is 10.9 Å². The summed E-state index contributed by atoms with van der Waals surface area (Å²) >= 11 is 2.50. The van der Waals surface area contributed by atoms with Crippen molar-refractivity contribution in [3.8, 4) is 0 Å². The molecule has 0 saturated heterocycles. The number of amides is 2. The number of nitrogens with zero attached hydrogens (tertiary/aromatic N) is 2. The number of esters is 1. The van der Waals surface area contributed by atoms with Crippen molar-refractivity contribution in [2.24, 2.45) is 0 Å². The number of aryl methyl sites for hydroxylation is 2. The van der Waals surface area contributed by atoms with Crippen LogP contribution in [0.1, 0.15) is 37.0 Å². The van der Waals surface area contributed by atoms with Gasteiger partial charge in [-0.2, -0.15) is 5.10 Å². The molecule has 0 aliphatic heterocycles. The van der Waals surface area contributed by atoms with E-state index in [-0.39, 0.29) is 12.5 Å². The molecule has 188 valence electrons. The maximum Gasteiger partial charge on any atom is 0.330 e. The number of rotatable bonds is 11. The predicted molar refractivity (Wildman–Crippen MR) is 140 cm³/mol. The number of benzene rings is 1. The predicted octanol–water partition coefficient (Wildman–Crippen LogP) is 3.14. The molecular weight excluding hydrogens is 500 g/mol. The number of fused-ring (bicyclic) bond motifs is 1. The minimum atomic E-state index is -1.03. The second-order valence-electron chi connectivity index (χ2n) is 7.95. The van der Waals surface area contributed by atoms with Crippen LogP contribution >= 0.6 is 22.7 Å². The lowest BCUT2D eigenvalue weighted by Gasteiger charge is -2.16. The minimum Gasteiger partial charge on any atom is -0.467 e. The lowest BCUT2D eigenvalue weighted by Crippen LogP contribution is -2.48. The molecular formula is C24H26N6O4S2. The van der Waals surface area contributed by atoms with Gasteiger partial charge in [0.05, 0.1) is 29.4 Å². The molecule has 36 heavy (non-hydrogen) atoms. The van der Waals surface area contributed by atoms with E-state index in [1.807, 2.05) is 18.3 Å². The summed E-state index contributed by atoms with van der Waals surface area (Å²) in [7, 11) is 1.23. The number of nitrogens with one attached hydrogen (secondary N) is 4. The second-order valence-corrected chi connectivity index (χ2v) is 9.90. The first-order valence-corrected chi connectivity index (χ1v) is 13.0.